The summed E-state index contributed by atoms with van der Waals surface area (Å²) in [5, 5.41) is 8.52. The van der Waals surface area contributed by atoms with E-state index in [1.807, 2.05) is 21.9 Å². The van der Waals surface area contributed by atoms with Crippen molar-refractivity contribution in [3.8, 4) is 0 Å². The number of rotatable bonds is 9. The molecule has 3 aliphatic rings. The molecule has 39 heavy (non-hydrogen) atoms. The van der Waals surface area contributed by atoms with Crippen LogP contribution in [0, 0.1) is 5.92 Å². The number of piperazine rings is 1. The van der Waals surface area contributed by atoms with Gasteiger partial charge in [-0.3, -0.25) is 14.4 Å². The molecule has 9 nitrogen and oxygen atoms in total. The van der Waals surface area contributed by atoms with Crippen molar-refractivity contribution in [3.05, 3.63) is 34.9 Å². The van der Waals surface area contributed by atoms with Crippen LogP contribution < -0.4 is 11.1 Å². The van der Waals surface area contributed by atoms with Gasteiger partial charge in [0.15, 0.2) is 0 Å². The Balaban J connectivity index is 1.40. The van der Waals surface area contributed by atoms with E-state index in [2.05, 4.69) is 29.2 Å². The van der Waals surface area contributed by atoms with Crippen molar-refractivity contribution < 1.29 is 14.4 Å². The van der Waals surface area contributed by atoms with Crippen LogP contribution in [0.3, 0.4) is 0 Å². The highest BCUT2D eigenvalue weighted by Crippen LogP contribution is 2.29. The molecule has 1 aromatic rings. The van der Waals surface area contributed by atoms with Gasteiger partial charge in [0.2, 0.25) is 17.7 Å². The number of carbonyl (C=O) groups excluding carboxylic acids is 3. The fourth-order valence-electron chi connectivity index (χ4n) is 5.88. The van der Waals surface area contributed by atoms with Gasteiger partial charge in [-0.2, -0.15) is 0 Å². The Morgan fingerprint density at radius 1 is 1.03 bits per heavy atom. The number of benzene rings is 1. The van der Waals surface area contributed by atoms with Crippen molar-refractivity contribution in [1.82, 2.24) is 25.1 Å². The van der Waals surface area contributed by atoms with E-state index in [-0.39, 0.29) is 17.7 Å². The van der Waals surface area contributed by atoms with E-state index < -0.39 is 11.6 Å². The highest BCUT2D eigenvalue weighted by atomic mass is 35.5. The van der Waals surface area contributed by atoms with Crippen molar-refractivity contribution in [2.45, 2.75) is 76.9 Å². The number of nitrogens with two attached hydrogens (primary N) is 1. The summed E-state index contributed by atoms with van der Waals surface area (Å²) in [4.78, 5) is 42.4. The molecule has 1 saturated carbocycles. The molecule has 0 bridgehead atoms. The van der Waals surface area contributed by atoms with Crippen LogP contribution >= 0.6 is 11.6 Å². The number of hydrazine groups is 1. The number of piperidine rings is 1. The number of hydrogen-bond acceptors (Lipinski definition) is 6. The SMILES string of the molecule is CC(=O)N1CCC(N(CC(C)C)N2CCN(C(=O)C(Cc3ccc(Cl)cc3)NC(=O)C3(N)CCC3)CC2)CC1. The summed E-state index contributed by atoms with van der Waals surface area (Å²) in [6, 6.07) is 7.13. The molecule has 4 rings (SSSR count). The van der Waals surface area contributed by atoms with E-state index in [0.717, 1.165) is 57.5 Å². The fourth-order valence-corrected chi connectivity index (χ4v) is 6.01. The Morgan fingerprint density at radius 3 is 2.15 bits per heavy atom. The van der Waals surface area contributed by atoms with Gasteiger partial charge in [0.05, 0.1) is 5.54 Å². The van der Waals surface area contributed by atoms with Crippen molar-refractivity contribution in [1.29, 1.82) is 0 Å². The summed E-state index contributed by atoms with van der Waals surface area (Å²) >= 11 is 6.06. The smallest absolute Gasteiger partial charge is 0.245 e. The zero-order chi connectivity index (χ0) is 28.2. The molecule has 216 valence electrons. The Bertz CT molecular complexity index is 999. The first kappa shape index (κ1) is 29.8. The van der Waals surface area contributed by atoms with Crippen LogP contribution in [0.1, 0.15) is 58.4 Å². The lowest BCUT2D eigenvalue weighted by Gasteiger charge is -2.47. The molecule has 3 N–H and O–H groups in total. The maximum absolute atomic E-state index is 13.8. The molecule has 0 spiro atoms. The molecule has 3 fully saturated rings. The fraction of sp³-hybridized carbons (Fsp3) is 0.690. The molecule has 10 heteroatoms. The molecular formula is C29H45ClN6O3. The quantitative estimate of drug-likeness (QED) is 0.480. The van der Waals surface area contributed by atoms with Crippen molar-refractivity contribution >= 4 is 29.3 Å². The number of hydrogen-bond donors (Lipinski definition) is 2. The predicted octanol–water partition coefficient (Wildman–Crippen LogP) is 2.28. The lowest BCUT2D eigenvalue weighted by Crippen LogP contribution is -2.64. The molecule has 3 amide bonds. The zero-order valence-corrected chi connectivity index (χ0v) is 24.5. The summed E-state index contributed by atoms with van der Waals surface area (Å²) in [5.41, 5.74) is 6.36. The molecular weight excluding hydrogens is 516 g/mol. The van der Waals surface area contributed by atoms with Gasteiger partial charge in [-0.15, -0.1) is 0 Å². The summed E-state index contributed by atoms with van der Waals surface area (Å²) in [7, 11) is 0. The number of amides is 3. The van der Waals surface area contributed by atoms with E-state index in [1.165, 1.54) is 0 Å². The first-order valence-electron chi connectivity index (χ1n) is 14.5. The lowest BCUT2D eigenvalue weighted by atomic mass is 9.77. The number of carbonyl (C=O) groups is 3. The molecule has 0 aromatic heterocycles. The molecule has 2 heterocycles. The van der Waals surface area contributed by atoms with Gasteiger partial charge in [0, 0.05) is 70.2 Å². The van der Waals surface area contributed by atoms with Crippen LogP contribution in [0.5, 0.6) is 0 Å². The second-order valence-corrected chi connectivity index (χ2v) is 12.3. The second kappa shape index (κ2) is 13.0. The minimum absolute atomic E-state index is 0.0638. The summed E-state index contributed by atoms with van der Waals surface area (Å²) < 4.78 is 0. The van der Waals surface area contributed by atoms with E-state index in [4.69, 9.17) is 17.3 Å². The predicted molar refractivity (Wildman–Crippen MR) is 153 cm³/mol. The molecule has 2 aliphatic heterocycles. The number of likely N-dealkylation sites (tertiary alicyclic amines) is 1. The molecule has 1 unspecified atom stereocenters. The van der Waals surface area contributed by atoms with Crippen molar-refractivity contribution in [2.24, 2.45) is 11.7 Å². The summed E-state index contributed by atoms with van der Waals surface area (Å²) in [6.45, 7) is 11.3. The highest BCUT2D eigenvalue weighted by molar-refractivity contribution is 6.30. The lowest BCUT2D eigenvalue weighted by molar-refractivity contribution is -0.146. The monoisotopic (exact) mass is 560 g/mol. The Kier molecular flexibility index (Phi) is 9.91. The minimum Gasteiger partial charge on any atom is -0.343 e. The molecule has 2 saturated heterocycles. The number of nitrogens with one attached hydrogen (secondary N) is 1. The van der Waals surface area contributed by atoms with Crippen molar-refractivity contribution in [2.75, 3.05) is 45.8 Å². The van der Waals surface area contributed by atoms with Crippen LogP contribution in [-0.4, -0.2) is 101 Å². The number of nitrogens with zero attached hydrogens (tertiary/aromatic N) is 4. The summed E-state index contributed by atoms with van der Waals surface area (Å²) in [5.74, 6) is 0.351. The Morgan fingerprint density at radius 2 is 1.64 bits per heavy atom. The first-order valence-corrected chi connectivity index (χ1v) is 14.8. The zero-order valence-electron chi connectivity index (χ0n) is 23.7. The van der Waals surface area contributed by atoms with Gasteiger partial charge < -0.3 is 20.9 Å². The maximum atomic E-state index is 13.8. The topological polar surface area (TPSA) is 102 Å². The highest BCUT2D eigenvalue weighted by Gasteiger charge is 2.42. The van der Waals surface area contributed by atoms with Crippen LogP contribution in [0.15, 0.2) is 24.3 Å². The van der Waals surface area contributed by atoms with Gasteiger partial charge in [0.25, 0.3) is 0 Å². The third kappa shape index (κ3) is 7.51. The average Bonchev–Trinajstić information content (AvgIpc) is 2.90. The molecule has 1 aromatic carbocycles. The van der Waals surface area contributed by atoms with Gasteiger partial charge >= 0.3 is 0 Å². The Hall–Kier alpha value is -2.20. The van der Waals surface area contributed by atoms with Crippen LogP contribution in [0.2, 0.25) is 5.02 Å². The normalized spacial score (nSPS) is 21.1. The van der Waals surface area contributed by atoms with Crippen LogP contribution in [0.4, 0.5) is 0 Å². The second-order valence-electron chi connectivity index (χ2n) is 11.9. The van der Waals surface area contributed by atoms with Crippen molar-refractivity contribution in [3.63, 3.8) is 0 Å². The standard InChI is InChI=1S/C29H45ClN6O3/c1-21(2)20-36(25-9-13-33(14-10-25)22(3)37)35-17-15-34(16-18-35)27(38)26(19-23-5-7-24(30)8-6-23)32-28(39)29(31)11-4-12-29/h5-8,21,25-26H,4,9-20,31H2,1-3H3,(H,32,39). The average molecular weight is 561 g/mol. The van der Waals surface area contributed by atoms with E-state index in [1.54, 1.807) is 19.1 Å². The largest absolute Gasteiger partial charge is 0.343 e. The molecule has 1 atom stereocenters. The van der Waals surface area contributed by atoms with Gasteiger partial charge in [-0.25, -0.2) is 10.0 Å². The van der Waals surface area contributed by atoms with Gasteiger partial charge in [0.1, 0.15) is 6.04 Å². The number of halogens is 1. The van der Waals surface area contributed by atoms with Gasteiger partial charge in [-0.05, 0) is 55.7 Å². The van der Waals surface area contributed by atoms with E-state index in [9.17, 15) is 14.4 Å². The van der Waals surface area contributed by atoms with Crippen LogP contribution in [-0.2, 0) is 20.8 Å². The minimum atomic E-state index is -0.869. The van der Waals surface area contributed by atoms with E-state index in [0.29, 0.717) is 49.3 Å². The van der Waals surface area contributed by atoms with E-state index >= 15 is 0 Å². The molecule has 1 aliphatic carbocycles. The first-order chi connectivity index (χ1) is 18.6. The maximum Gasteiger partial charge on any atom is 0.245 e. The summed E-state index contributed by atoms with van der Waals surface area (Å²) in [6.07, 6.45) is 4.55. The Labute approximate surface area is 237 Å². The van der Waals surface area contributed by atoms with Crippen LogP contribution in [0.25, 0.3) is 0 Å². The molecule has 0 radical (unpaired) electrons. The van der Waals surface area contributed by atoms with Gasteiger partial charge in [-0.1, -0.05) is 37.6 Å². The third-order valence-electron chi connectivity index (χ3n) is 8.47. The third-order valence-corrected chi connectivity index (χ3v) is 8.72.